The molecule has 2 N–H and O–H groups in total. The van der Waals surface area contributed by atoms with Crippen molar-refractivity contribution in [2.75, 3.05) is 10.5 Å². The first-order valence-corrected chi connectivity index (χ1v) is 5.32. The zero-order valence-corrected chi connectivity index (χ0v) is 8.87. The minimum atomic E-state index is -0.561. The maximum absolute atomic E-state index is 13.6. The molecule has 2 aromatic rings. The van der Waals surface area contributed by atoms with Crippen LogP contribution in [0.25, 0.3) is 0 Å². The second-order valence-electron chi connectivity index (χ2n) is 3.90. The lowest BCUT2D eigenvalue weighted by Gasteiger charge is -2.09. The fraction of sp³-hybridized carbons (Fsp3) is 0. The summed E-state index contributed by atoms with van der Waals surface area (Å²) in [5.41, 5.74) is 1.71. The number of hydrogen-bond donors (Lipinski definition) is 2. The first-order chi connectivity index (χ1) is 8.25. The number of halogens is 2. The topological polar surface area (TPSA) is 24.1 Å². The molecule has 0 aliphatic carbocycles. The van der Waals surface area contributed by atoms with Gasteiger partial charge in [-0.2, -0.15) is 0 Å². The molecule has 3 rings (SSSR count). The van der Waals surface area contributed by atoms with Crippen LogP contribution in [0.5, 0.6) is 0 Å². The van der Waals surface area contributed by atoms with E-state index >= 15 is 0 Å². The Hall–Kier alpha value is -2.04. The Labute approximate surface area is 97.8 Å². The number of para-hydroxylation sites is 2. The van der Waals surface area contributed by atoms with Gasteiger partial charge in [0.25, 0.3) is 0 Å². The van der Waals surface area contributed by atoms with Crippen molar-refractivity contribution in [2.45, 2.75) is 0 Å². The number of anilines is 2. The van der Waals surface area contributed by atoms with Crippen LogP contribution in [0.3, 0.4) is 0 Å². The molecule has 0 radical (unpaired) electrons. The molecule has 1 heterocycles. The van der Waals surface area contributed by atoms with Gasteiger partial charge in [-0.25, -0.2) is 8.78 Å². The van der Waals surface area contributed by atoms with Gasteiger partial charge < -0.3 is 10.5 Å². The molecule has 0 aromatic heterocycles. The Morgan fingerprint density at radius 2 is 1.29 bits per heavy atom. The van der Waals surface area contributed by atoms with E-state index in [9.17, 15) is 8.78 Å². The summed E-state index contributed by atoms with van der Waals surface area (Å²) in [5, 5.41) is 6.08. The van der Waals surface area contributed by atoms with Gasteiger partial charge in [-0.1, -0.05) is 18.2 Å². The minimum absolute atomic E-state index is 0.0173. The van der Waals surface area contributed by atoms with Gasteiger partial charge >= 0.3 is 6.98 Å². The van der Waals surface area contributed by atoms with E-state index in [0.29, 0.717) is 0 Å². The van der Waals surface area contributed by atoms with Crippen molar-refractivity contribution in [3.63, 3.8) is 0 Å². The van der Waals surface area contributed by atoms with Crippen LogP contribution >= 0.6 is 0 Å². The number of rotatable bonds is 1. The molecule has 1 aliphatic rings. The van der Waals surface area contributed by atoms with Gasteiger partial charge in [-0.15, -0.1) is 0 Å². The molecule has 0 atom stereocenters. The molecule has 2 nitrogen and oxygen atoms in total. The van der Waals surface area contributed by atoms with Gasteiger partial charge in [0.1, 0.15) is 11.6 Å². The molecule has 0 saturated heterocycles. The maximum atomic E-state index is 13.6. The largest absolute Gasteiger partial charge is 0.412 e. The lowest BCUT2D eigenvalue weighted by molar-refractivity contribution is 0.597. The van der Waals surface area contributed by atoms with E-state index in [4.69, 9.17) is 0 Å². The average Bonchev–Trinajstić information content (AvgIpc) is 2.71. The summed E-state index contributed by atoms with van der Waals surface area (Å²) in [7, 11) is 0. The molecule has 0 bridgehead atoms. The Bertz CT molecular complexity index is 529. The van der Waals surface area contributed by atoms with Crippen molar-refractivity contribution in [3.8, 4) is 0 Å². The molecule has 84 valence electrons. The Morgan fingerprint density at radius 1 is 0.765 bits per heavy atom. The Morgan fingerprint density at radius 3 is 1.82 bits per heavy atom. The standard InChI is InChI=1S/C12H9BF2N2/c14-8-4-3-5-9(15)12(8)13-16-10-6-1-2-7-11(10)17-13/h1-7,16-17H. The van der Waals surface area contributed by atoms with Crippen molar-refractivity contribution >= 4 is 23.8 Å². The summed E-state index contributed by atoms with van der Waals surface area (Å²) in [6.07, 6.45) is 0. The molecule has 5 heteroatoms. The first-order valence-electron chi connectivity index (χ1n) is 5.32. The molecule has 0 saturated carbocycles. The number of fused-ring (bicyclic) bond motifs is 1. The van der Waals surface area contributed by atoms with Gasteiger partial charge in [0.2, 0.25) is 0 Å². The van der Waals surface area contributed by atoms with Gasteiger partial charge in [0, 0.05) is 16.8 Å². The molecule has 0 amide bonds. The molecular weight excluding hydrogens is 221 g/mol. The highest BCUT2D eigenvalue weighted by molar-refractivity contribution is 6.81. The van der Waals surface area contributed by atoms with Crippen LogP contribution < -0.4 is 15.9 Å². The molecule has 0 unspecified atom stereocenters. The van der Waals surface area contributed by atoms with E-state index in [0.717, 1.165) is 11.4 Å². The van der Waals surface area contributed by atoms with Gasteiger partial charge in [-0.05, 0) is 24.3 Å². The van der Waals surface area contributed by atoms with Crippen LogP contribution in [-0.4, -0.2) is 6.98 Å². The van der Waals surface area contributed by atoms with Crippen LogP contribution in [0, 0.1) is 11.6 Å². The third kappa shape index (κ3) is 1.64. The summed E-state index contributed by atoms with van der Waals surface area (Å²) in [6, 6.07) is 11.3. The second-order valence-corrected chi connectivity index (χ2v) is 3.90. The van der Waals surface area contributed by atoms with Crippen LogP contribution in [-0.2, 0) is 0 Å². The molecule has 1 aliphatic heterocycles. The minimum Gasteiger partial charge on any atom is -0.404 e. The summed E-state index contributed by atoms with van der Waals surface area (Å²) >= 11 is 0. The molecule has 2 aromatic carbocycles. The monoisotopic (exact) mass is 230 g/mol. The van der Waals surface area contributed by atoms with E-state index < -0.39 is 18.6 Å². The van der Waals surface area contributed by atoms with E-state index in [-0.39, 0.29) is 5.46 Å². The smallest absolute Gasteiger partial charge is 0.404 e. The van der Waals surface area contributed by atoms with E-state index in [1.54, 1.807) is 0 Å². The Balaban J connectivity index is 1.99. The summed E-state index contributed by atoms with van der Waals surface area (Å²) in [5.74, 6) is -1.11. The number of nitrogens with one attached hydrogen (secondary N) is 2. The molecular formula is C12H9BF2N2. The van der Waals surface area contributed by atoms with Gasteiger partial charge in [0.05, 0.1) is 0 Å². The first kappa shape index (κ1) is 10.1. The fourth-order valence-electron chi connectivity index (χ4n) is 2.01. The predicted octanol–water partition coefficient (Wildman–Crippen LogP) is 2.20. The molecule has 0 fully saturated rings. The van der Waals surface area contributed by atoms with Crippen LogP contribution in [0.2, 0.25) is 0 Å². The fourth-order valence-corrected chi connectivity index (χ4v) is 2.01. The molecule has 17 heavy (non-hydrogen) atoms. The van der Waals surface area contributed by atoms with E-state index in [2.05, 4.69) is 10.5 Å². The van der Waals surface area contributed by atoms with Crippen molar-refractivity contribution in [1.82, 2.24) is 0 Å². The second kappa shape index (κ2) is 3.77. The van der Waals surface area contributed by atoms with Crippen molar-refractivity contribution < 1.29 is 8.78 Å². The van der Waals surface area contributed by atoms with Crippen LogP contribution in [0.1, 0.15) is 0 Å². The van der Waals surface area contributed by atoms with Crippen molar-refractivity contribution in [1.29, 1.82) is 0 Å². The van der Waals surface area contributed by atoms with Gasteiger partial charge in [-0.3, -0.25) is 0 Å². The van der Waals surface area contributed by atoms with Crippen LogP contribution in [0.4, 0.5) is 20.2 Å². The number of hydrogen-bond acceptors (Lipinski definition) is 2. The van der Waals surface area contributed by atoms with Crippen molar-refractivity contribution in [3.05, 3.63) is 54.1 Å². The third-order valence-corrected chi connectivity index (χ3v) is 2.82. The maximum Gasteiger partial charge on any atom is 0.412 e. The summed E-state index contributed by atoms with van der Waals surface area (Å²) in [6.45, 7) is -0.561. The predicted molar refractivity (Wildman–Crippen MR) is 65.4 cm³/mol. The van der Waals surface area contributed by atoms with E-state index in [1.165, 1.54) is 18.2 Å². The van der Waals surface area contributed by atoms with E-state index in [1.807, 2.05) is 24.3 Å². The highest BCUT2D eigenvalue weighted by atomic mass is 19.1. The number of benzene rings is 2. The lowest BCUT2D eigenvalue weighted by atomic mass is 9.68. The summed E-state index contributed by atoms with van der Waals surface area (Å²) < 4.78 is 27.2. The Kier molecular flexibility index (Phi) is 2.25. The normalized spacial score (nSPS) is 12.9. The molecule has 0 spiro atoms. The highest BCUT2D eigenvalue weighted by Crippen LogP contribution is 2.26. The highest BCUT2D eigenvalue weighted by Gasteiger charge is 2.31. The average molecular weight is 230 g/mol. The zero-order valence-electron chi connectivity index (χ0n) is 8.87. The SMILES string of the molecule is Fc1cccc(F)c1B1Nc2ccccc2N1. The van der Waals surface area contributed by atoms with Crippen molar-refractivity contribution in [2.24, 2.45) is 0 Å². The van der Waals surface area contributed by atoms with Gasteiger partial charge in [0.15, 0.2) is 0 Å². The summed E-state index contributed by atoms with van der Waals surface area (Å²) in [4.78, 5) is 0. The quantitative estimate of drug-likeness (QED) is 0.733. The van der Waals surface area contributed by atoms with Crippen LogP contribution in [0.15, 0.2) is 42.5 Å². The zero-order chi connectivity index (χ0) is 11.8. The third-order valence-electron chi connectivity index (χ3n) is 2.82. The lowest BCUT2D eigenvalue weighted by Crippen LogP contribution is -2.45.